The van der Waals surface area contributed by atoms with Crippen LogP contribution < -0.4 is 0 Å². The van der Waals surface area contributed by atoms with Gasteiger partial charge in [0.2, 0.25) is 0 Å². The normalized spacial score (nSPS) is 13.1. The van der Waals surface area contributed by atoms with Gasteiger partial charge in [0.25, 0.3) is 0 Å². The van der Waals surface area contributed by atoms with Gasteiger partial charge in [-0.15, -0.1) is 0 Å². The van der Waals surface area contributed by atoms with Crippen molar-refractivity contribution in [3.8, 4) is 0 Å². The monoisotopic (exact) mass is 308 g/mol. The van der Waals surface area contributed by atoms with Crippen molar-refractivity contribution in [1.29, 1.82) is 0 Å². The quantitative estimate of drug-likeness (QED) is 0.445. The maximum atomic E-state index is 10.8. The molecule has 4 heteroatoms. The number of allylic oxidation sites excluding steroid dienone is 6. The molecule has 0 amide bonds. The molecule has 0 fully saturated rings. The summed E-state index contributed by atoms with van der Waals surface area (Å²) < 4.78 is 9.05. The van der Waals surface area contributed by atoms with Gasteiger partial charge in [-0.1, -0.05) is 23.3 Å². The lowest BCUT2D eigenvalue weighted by Crippen LogP contribution is -2.01. The van der Waals surface area contributed by atoms with E-state index in [0.717, 1.165) is 11.1 Å². The second-order valence-corrected chi connectivity index (χ2v) is 4.70. The number of carbonyl (C=O) groups excluding carboxylic acids is 2. The van der Waals surface area contributed by atoms with Crippen molar-refractivity contribution in [2.45, 2.75) is 41.5 Å². The van der Waals surface area contributed by atoms with E-state index < -0.39 is 0 Å². The molecule has 124 valence electrons. The topological polar surface area (TPSA) is 52.6 Å². The molecule has 0 heterocycles. The largest absolute Gasteiger partial charge is 0.466 e. The first kappa shape index (κ1) is 22.2. The fraction of sp³-hybridized carbons (Fsp3) is 0.444. The van der Waals surface area contributed by atoms with Gasteiger partial charge in [0.15, 0.2) is 0 Å². The molecule has 0 saturated carbocycles. The molecule has 0 saturated heterocycles. The van der Waals surface area contributed by atoms with Gasteiger partial charge in [0.05, 0.1) is 14.2 Å². The third-order valence-electron chi connectivity index (χ3n) is 2.81. The maximum absolute atomic E-state index is 10.8. The van der Waals surface area contributed by atoms with Crippen LogP contribution >= 0.6 is 0 Å². The molecule has 0 aliphatic rings. The first-order valence-corrected chi connectivity index (χ1v) is 7.02. The fourth-order valence-corrected chi connectivity index (χ4v) is 1.29. The Labute approximate surface area is 134 Å². The van der Waals surface area contributed by atoms with E-state index in [9.17, 15) is 9.59 Å². The second kappa shape index (κ2) is 12.6. The predicted octanol–water partition coefficient (Wildman–Crippen LogP) is 4.14. The third kappa shape index (κ3) is 10.7. The molecule has 22 heavy (non-hydrogen) atoms. The summed E-state index contributed by atoms with van der Waals surface area (Å²) in [4.78, 5) is 21.7. The van der Waals surface area contributed by atoms with E-state index in [4.69, 9.17) is 0 Å². The van der Waals surface area contributed by atoms with Gasteiger partial charge in [0, 0.05) is 11.1 Å². The zero-order chi connectivity index (χ0) is 17.7. The zero-order valence-electron chi connectivity index (χ0n) is 14.9. The summed E-state index contributed by atoms with van der Waals surface area (Å²) in [7, 11) is 2.76. The second-order valence-electron chi connectivity index (χ2n) is 4.70. The molecule has 0 aromatic carbocycles. The molecule has 0 unspecified atom stereocenters. The average Bonchev–Trinajstić information content (AvgIpc) is 2.52. The molecule has 0 aromatic heterocycles. The first-order valence-electron chi connectivity index (χ1n) is 7.02. The summed E-state index contributed by atoms with van der Waals surface area (Å²) in [6, 6.07) is 0. The van der Waals surface area contributed by atoms with E-state index in [1.807, 2.05) is 39.8 Å². The van der Waals surface area contributed by atoms with E-state index in [2.05, 4.69) is 9.47 Å². The Balaban J connectivity index is 0. The molecule has 0 aliphatic carbocycles. The standard InChI is InChI=1S/2C9H14O2/c2*1-5-7(2)6-8(3)9(10)11-4/h2*5-6H,1-4H3/b2*7-5+,8-6+. The van der Waals surface area contributed by atoms with Crippen molar-refractivity contribution < 1.29 is 19.1 Å². The van der Waals surface area contributed by atoms with Gasteiger partial charge in [0.1, 0.15) is 0 Å². The smallest absolute Gasteiger partial charge is 0.333 e. The number of hydrogen-bond donors (Lipinski definition) is 0. The Morgan fingerprint density at radius 3 is 1.14 bits per heavy atom. The van der Waals surface area contributed by atoms with Crippen molar-refractivity contribution >= 4 is 11.9 Å². The molecule has 0 N–H and O–H groups in total. The number of hydrogen-bond acceptors (Lipinski definition) is 4. The van der Waals surface area contributed by atoms with Crippen LogP contribution in [0.4, 0.5) is 0 Å². The minimum absolute atomic E-state index is 0.272. The molecule has 0 spiro atoms. The molecule has 0 radical (unpaired) electrons. The van der Waals surface area contributed by atoms with E-state index in [1.54, 1.807) is 26.0 Å². The van der Waals surface area contributed by atoms with Gasteiger partial charge in [-0.05, 0) is 53.7 Å². The average molecular weight is 308 g/mol. The molecular weight excluding hydrogens is 280 g/mol. The molecule has 0 aliphatic heterocycles. The lowest BCUT2D eigenvalue weighted by Gasteiger charge is -1.97. The summed E-state index contributed by atoms with van der Waals surface area (Å²) in [5, 5.41) is 0. The van der Waals surface area contributed by atoms with Gasteiger partial charge in [-0.2, -0.15) is 0 Å². The third-order valence-corrected chi connectivity index (χ3v) is 2.81. The van der Waals surface area contributed by atoms with Crippen molar-refractivity contribution in [2.24, 2.45) is 0 Å². The fourth-order valence-electron chi connectivity index (χ4n) is 1.29. The molecule has 4 nitrogen and oxygen atoms in total. The van der Waals surface area contributed by atoms with Crippen molar-refractivity contribution in [3.05, 3.63) is 46.6 Å². The zero-order valence-corrected chi connectivity index (χ0v) is 14.9. The van der Waals surface area contributed by atoms with Crippen LogP contribution in [0.1, 0.15) is 41.5 Å². The lowest BCUT2D eigenvalue weighted by atomic mass is 10.2. The summed E-state index contributed by atoms with van der Waals surface area (Å²) in [6.45, 7) is 11.2. The van der Waals surface area contributed by atoms with E-state index >= 15 is 0 Å². The number of ether oxygens (including phenoxy) is 2. The van der Waals surface area contributed by atoms with Crippen LogP contribution in [0.5, 0.6) is 0 Å². The summed E-state index contributed by atoms with van der Waals surface area (Å²) >= 11 is 0. The number of methoxy groups -OCH3 is 2. The van der Waals surface area contributed by atoms with E-state index in [-0.39, 0.29) is 11.9 Å². The van der Waals surface area contributed by atoms with E-state index in [0.29, 0.717) is 11.1 Å². The highest BCUT2D eigenvalue weighted by molar-refractivity contribution is 5.88. The summed E-state index contributed by atoms with van der Waals surface area (Å²) in [5.74, 6) is -0.544. The first-order chi connectivity index (χ1) is 10.2. The molecule has 0 aromatic rings. The number of rotatable bonds is 4. The lowest BCUT2D eigenvalue weighted by molar-refractivity contribution is -0.136. The minimum atomic E-state index is -0.272. The van der Waals surface area contributed by atoms with Crippen molar-refractivity contribution in [2.75, 3.05) is 14.2 Å². The van der Waals surface area contributed by atoms with Crippen LogP contribution in [0.15, 0.2) is 46.6 Å². The van der Waals surface area contributed by atoms with Crippen LogP contribution in [0.3, 0.4) is 0 Å². The van der Waals surface area contributed by atoms with Gasteiger partial charge >= 0.3 is 11.9 Å². The Morgan fingerprint density at radius 2 is 0.955 bits per heavy atom. The molecule has 0 atom stereocenters. The summed E-state index contributed by atoms with van der Waals surface area (Å²) in [6.07, 6.45) is 7.47. The Bertz CT molecular complexity index is 445. The maximum Gasteiger partial charge on any atom is 0.333 e. The molecule has 0 rings (SSSR count). The van der Waals surface area contributed by atoms with Crippen LogP contribution in [-0.2, 0) is 19.1 Å². The highest BCUT2D eigenvalue weighted by Gasteiger charge is 2.01. The highest BCUT2D eigenvalue weighted by Crippen LogP contribution is 2.03. The van der Waals surface area contributed by atoms with Crippen LogP contribution in [0, 0.1) is 0 Å². The Hall–Kier alpha value is -2.10. The van der Waals surface area contributed by atoms with Crippen LogP contribution in [-0.4, -0.2) is 26.2 Å². The van der Waals surface area contributed by atoms with Crippen LogP contribution in [0.25, 0.3) is 0 Å². The number of esters is 2. The van der Waals surface area contributed by atoms with Gasteiger partial charge in [-0.25, -0.2) is 9.59 Å². The van der Waals surface area contributed by atoms with Crippen LogP contribution in [0.2, 0.25) is 0 Å². The Kier molecular flexibility index (Phi) is 12.7. The highest BCUT2D eigenvalue weighted by atomic mass is 16.5. The van der Waals surface area contributed by atoms with Crippen molar-refractivity contribution in [1.82, 2.24) is 0 Å². The number of carbonyl (C=O) groups is 2. The minimum Gasteiger partial charge on any atom is -0.466 e. The van der Waals surface area contributed by atoms with E-state index in [1.165, 1.54) is 14.2 Å². The van der Waals surface area contributed by atoms with Crippen molar-refractivity contribution in [3.63, 3.8) is 0 Å². The summed E-state index contributed by atoms with van der Waals surface area (Å²) in [5.41, 5.74) is 3.38. The Morgan fingerprint density at radius 1 is 0.682 bits per heavy atom. The van der Waals surface area contributed by atoms with Gasteiger partial charge < -0.3 is 9.47 Å². The predicted molar refractivity (Wildman–Crippen MR) is 90.4 cm³/mol. The molecule has 0 bridgehead atoms. The SMILES string of the molecule is C/C=C(C)/C=C(\C)C(=O)OC.C/C=C(C)/C=C(\C)C(=O)OC. The molecular formula is C18H28O4. The van der Waals surface area contributed by atoms with Gasteiger partial charge in [-0.3, -0.25) is 0 Å².